The Balaban J connectivity index is 1.54. The van der Waals surface area contributed by atoms with Crippen molar-refractivity contribution in [3.63, 3.8) is 0 Å². The highest BCUT2D eigenvalue weighted by atomic mass is 32.2. The maximum Gasteiger partial charge on any atom is 0.244 e. The molecule has 2 fully saturated rings. The molecular formula is C26H33FN2O3S. The average molecular weight is 473 g/mol. The van der Waals surface area contributed by atoms with Crippen LogP contribution < -0.4 is 0 Å². The lowest BCUT2D eigenvalue weighted by Crippen LogP contribution is -2.53. The minimum atomic E-state index is -3.82. The van der Waals surface area contributed by atoms with Gasteiger partial charge in [0.25, 0.3) is 0 Å². The van der Waals surface area contributed by atoms with Crippen LogP contribution in [0.3, 0.4) is 0 Å². The van der Waals surface area contributed by atoms with Crippen molar-refractivity contribution < 1.29 is 17.6 Å². The molecule has 2 aromatic rings. The first-order valence-corrected chi connectivity index (χ1v) is 13.3. The Kier molecular flexibility index (Phi) is 6.91. The predicted molar refractivity (Wildman–Crippen MR) is 127 cm³/mol. The van der Waals surface area contributed by atoms with E-state index in [0.717, 1.165) is 36.9 Å². The molecule has 1 heterocycles. The molecule has 4 rings (SSSR count). The van der Waals surface area contributed by atoms with Gasteiger partial charge in [0.05, 0.1) is 4.90 Å². The normalized spacial score (nSPS) is 19.4. The van der Waals surface area contributed by atoms with Crippen molar-refractivity contribution in [2.45, 2.75) is 62.1 Å². The zero-order valence-corrected chi connectivity index (χ0v) is 20.3. The number of rotatable bonds is 5. The SMILES string of the molecule is Cc1ccc(C)c(S(=O)(=O)C2(C(=O)N3CCCN(Cc4ccc(F)cc4)CC3)CCCC2)c1. The number of carbonyl (C=O) groups excluding carboxylic acids is 1. The van der Waals surface area contributed by atoms with Crippen molar-refractivity contribution in [3.05, 3.63) is 65.0 Å². The lowest BCUT2D eigenvalue weighted by molar-refractivity contribution is -0.133. The van der Waals surface area contributed by atoms with Gasteiger partial charge in [-0.25, -0.2) is 12.8 Å². The molecule has 2 aliphatic rings. The molecule has 0 atom stereocenters. The van der Waals surface area contributed by atoms with Crippen molar-refractivity contribution in [1.29, 1.82) is 0 Å². The molecule has 1 saturated heterocycles. The van der Waals surface area contributed by atoms with Gasteiger partial charge in [0.1, 0.15) is 5.82 Å². The molecule has 178 valence electrons. The lowest BCUT2D eigenvalue weighted by atomic mass is 10.1. The first-order valence-electron chi connectivity index (χ1n) is 11.8. The van der Waals surface area contributed by atoms with E-state index in [1.54, 1.807) is 30.0 Å². The largest absolute Gasteiger partial charge is 0.340 e. The van der Waals surface area contributed by atoms with Crippen molar-refractivity contribution in [2.75, 3.05) is 26.2 Å². The van der Waals surface area contributed by atoms with Crippen LogP contribution in [0.1, 0.15) is 48.8 Å². The summed E-state index contributed by atoms with van der Waals surface area (Å²) in [7, 11) is -3.82. The van der Waals surface area contributed by atoms with Gasteiger partial charge in [0, 0.05) is 32.7 Å². The quantitative estimate of drug-likeness (QED) is 0.652. The molecule has 1 amide bonds. The van der Waals surface area contributed by atoms with Crippen LogP contribution in [0.5, 0.6) is 0 Å². The monoisotopic (exact) mass is 472 g/mol. The van der Waals surface area contributed by atoms with E-state index >= 15 is 0 Å². The van der Waals surface area contributed by atoms with Gasteiger partial charge in [-0.05, 0) is 68.0 Å². The summed E-state index contributed by atoms with van der Waals surface area (Å²) in [5.41, 5.74) is 2.60. The third kappa shape index (κ3) is 4.71. The zero-order chi connectivity index (χ0) is 23.6. The van der Waals surface area contributed by atoms with Crippen LogP contribution in [-0.2, 0) is 21.2 Å². The second-order valence-corrected chi connectivity index (χ2v) is 11.8. The van der Waals surface area contributed by atoms with Crippen molar-refractivity contribution in [2.24, 2.45) is 0 Å². The fourth-order valence-electron chi connectivity index (χ4n) is 5.22. The van der Waals surface area contributed by atoms with Crippen LogP contribution in [0.4, 0.5) is 4.39 Å². The van der Waals surface area contributed by atoms with Crippen LogP contribution in [-0.4, -0.2) is 55.1 Å². The summed E-state index contributed by atoms with van der Waals surface area (Å²) in [6.07, 6.45) is 3.06. The Morgan fingerprint density at radius 3 is 2.33 bits per heavy atom. The maximum atomic E-state index is 13.9. The van der Waals surface area contributed by atoms with E-state index in [1.165, 1.54) is 12.1 Å². The standard InChI is InChI=1S/C26H33FN2O3S/c1-20-6-7-21(2)24(18-20)33(31,32)26(12-3-4-13-26)25(30)29-15-5-14-28(16-17-29)19-22-8-10-23(27)11-9-22/h6-11,18H,3-5,12-17,19H2,1-2H3. The van der Waals surface area contributed by atoms with E-state index in [4.69, 9.17) is 0 Å². The summed E-state index contributed by atoms with van der Waals surface area (Å²) >= 11 is 0. The third-order valence-corrected chi connectivity index (χ3v) is 9.77. The molecule has 0 bridgehead atoms. The smallest absolute Gasteiger partial charge is 0.244 e. The highest BCUT2D eigenvalue weighted by molar-refractivity contribution is 7.93. The number of hydrogen-bond donors (Lipinski definition) is 0. The zero-order valence-electron chi connectivity index (χ0n) is 19.5. The Labute approximate surface area is 196 Å². The molecule has 1 saturated carbocycles. The number of nitrogens with zero attached hydrogens (tertiary/aromatic N) is 2. The fourth-order valence-corrected chi connectivity index (χ4v) is 7.66. The summed E-state index contributed by atoms with van der Waals surface area (Å²) in [6, 6.07) is 11.9. The van der Waals surface area contributed by atoms with E-state index < -0.39 is 14.6 Å². The molecule has 5 nitrogen and oxygen atoms in total. The van der Waals surface area contributed by atoms with Crippen LogP contribution >= 0.6 is 0 Å². The third-order valence-electron chi connectivity index (χ3n) is 7.14. The Hall–Kier alpha value is -2.25. The van der Waals surface area contributed by atoms with Gasteiger partial charge in [0.2, 0.25) is 5.91 Å². The van der Waals surface area contributed by atoms with Gasteiger partial charge < -0.3 is 4.90 Å². The van der Waals surface area contributed by atoms with Crippen molar-refractivity contribution in [3.8, 4) is 0 Å². The summed E-state index contributed by atoms with van der Waals surface area (Å²) in [5, 5.41) is 0. The molecule has 1 aliphatic carbocycles. The molecule has 0 aromatic heterocycles. The summed E-state index contributed by atoms with van der Waals surface area (Å²) in [4.78, 5) is 18.2. The minimum Gasteiger partial charge on any atom is -0.340 e. The highest BCUT2D eigenvalue weighted by Gasteiger charge is 2.54. The summed E-state index contributed by atoms with van der Waals surface area (Å²) < 4.78 is 39.7. The number of aryl methyl sites for hydroxylation is 2. The van der Waals surface area contributed by atoms with Crippen LogP contribution in [0.2, 0.25) is 0 Å². The molecule has 1 aliphatic heterocycles. The van der Waals surface area contributed by atoms with Gasteiger partial charge in [0.15, 0.2) is 14.6 Å². The second-order valence-electron chi connectivity index (χ2n) is 9.52. The van der Waals surface area contributed by atoms with Gasteiger partial charge in [-0.2, -0.15) is 0 Å². The van der Waals surface area contributed by atoms with Crippen LogP contribution in [0.15, 0.2) is 47.4 Å². The number of halogens is 1. The van der Waals surface area contributed by atoms with Gasteiger partial charge in [-0.3, -0.25) is 9.69 Å². The van der Waals surface area contributed by atoms with E-state index in [9.17, 15) is 17.6 Å². The van der Waals surface area contributed by atoms with Crippen LogP contribution in [0.25, 0.3) is 0 Å². The minimum absolute atomic E-state index is 0.232. The number of hydrogen-bond acceptors (Lipinski definition) is 4. The molecule has 0 spiro atoms. The van der Waals surface area contributed by atoms with E-state index in [2.05, 4.69) is 4.90 Å². The molecule has 7 heteroatoms. The molecule has 2 aromatic carbocycles. The highest BCUT2D eigenvalue weighted by Crippen LogP contribution is 2.43. The summed E-state index contributed by atoms with van der Waals surface area (Å²) in [6.45, 7) is 6.92. The van der Waals surface area contributed by atoms with E-state index in [0.29, 0.717) is 49.5 Å². The first kappa shape index (κ1) is 23.9. The number of carbonyl (C=O) groups is 1. The van der Waals surface area contributed by atoms with Gasteiger partial charge in [-0.1, -0.05) is 37.1 Å². The Morgan fingerprint density at radius 1 is 0.939 bits per heavy atom. The molecule has 0 unspecified atom stereocenters. The van der Waals surface area contributed by atoms with Gasteiger partial charge >= 0.3 is 0 Å². The Morgan fingerprint density at radius 2 is 1.64 bits per heavy atom. The average Bonchev–Trinajstić information content (AvgIpc) is 3.19. The summed E-state index contributed by atoms with van der Waals surface area (Å²) in [5.74, 6) is -0.483. The van der Waals surface area contributed by atoms with E-state index in [-0.39, 0.29) is 11.7 Å². The van der Waals surface area contributed by atoms with Gasteiger partial charge in [-0.15, -0.1) is 0 Å². The number of benzene rings is 2. The second kappa shape index (κ2) is 9.55. The number of sulfone groups is 1. The maximum absolute atomic E-state index is 13.9. The molecule has 0 radical (unpaired) electrons. The lowest BCUT2D eigenvalue weighted by Gasteiger charge is -2.34. The van der Waals surface area contributed by atoms with Crippen molar-refractivity contribution in [1.82, 2.24) is 9.80 Å². The first-order chi connectivity index (χ1) is 15.7. The molecule has 0 N–H and O–H groups in total. The predicted octanol–water partition coefficient (Wildman–Crippen LogP) is 4.26. The molecule has 33 heavy (non-hydrogen) atoms. The van der Waals surface area contributed by atoms with E-state index in [1.807, 2.05) is 19.1 Å². The molecular weight excluding hydrogens is 439 g/mol. The number of amides is 1. The van der Waals surface area contributed by atoms with Crippen molar-refractivity contribution >= 4 is 15.7 Å². The fraction of sp³-hybridized carbons (Fsp3) is 0.500. The van der Waals surface area contributed by atoms with Crippen LogP contribution in [0, 0.1) is 19.7 Å². The topological polar surface area (TPSA) is 57.7 Å². The Bertz CT molecular complexity index is 1110.